The molecule has 0 aliphatic carbocycles. The molecule has 0 spiro atoms. The first-order valence-electron chi connectivity index (χ1n) is 17.5. The Morgan fingerprint density at radius 1 is 0.815 bits per heavy atom. The van der Waals surface area contributed by atoms with Crippen LogP contribution in [0.15, 0.2) is 165 Å². The molecular weight excluding hydrogens is 758 g/mol. The molecule has 5 aromatic carbocycles. The van der Waals surface area contributed by atoms with Gasteiger partial charge in [-0.15, -0.1) is 0 Å². The lowest BCUT2D eigenvalue weighted by molar-refractivity contribution is -0.138. The Morgan fingerprint density at radius 3 is 2.11 bits per heavy atom. The maximum atomic E-state index is 14.9. The lowest BCUT2D eigenvalue weighted by atomic mass is 9.93. The van der Waals surface area contributed by atoms with E-state index < -0.39 is 12.0 Å². The second-order valence-corrected chi connectivity index (χ2v) is 14.5. The zero-order valence-electron chi connectivity index (χ0n) is 29.5. The van der Waals surface area contributed by atoms with Crippen LogP contribution in [0.25, 0.3) is 40.0 Å². The van der Waals surface area contributed by atoms with E-state index in [0.29, 0.717) is 26.3 Å². The summed E-state index contributed by atoms with van der Waals surface area (Å²) in [6.07, 6.45) is 1.95. The van der Waals surface area contributed by atoms with E-state index >= 15 is 0 Å². The molecular formula is C45H34BrN3O4S. The highest BCUT2D eigenvalue weighted by atomic mass is 79.9. The fourth-order valence-electron chi connectivity index (χ4n) is 6.92. The first-order chi connectivity index (χ1) is 26.4. The van der Waals surface area contributed by atoms with Gasteiger partial charge in [-0.25, -0.2) is 9.79 Å². The van der Waals surface area contributed by atoms with Crippen LogP contribution in [0.1, 0.15) is 29.7 Å². The van der Waals surface area contributed by atoms with E-state index in [0.717, 1.165) is 43.8 Å². The molecule has 7 nitrogen and oxygen atoms in total. The molecule has 2 aromatic heterocycles. The molecule has 8 rings (SSSR count). The van der Waals surface area contributed by atoms with Crippen LogP contribution in [0.3, 0.4) is 0 Å². The summed E-state index contributed by atoms with van der Waals surface area (Å²) in [6.45, 7) is 1.94. The van der Waals surface area contributed by atoms with E-state index in [-0.39, 0.29) is 17.7 Å². The summed E-state index contributed by atoms with van der Waals surface area (Å²) in [5, 5.41) is 0. The van der Waals surface area contributed by atoms with Crippen LogP contribution < -0.4 is 19.6 Å². The van der Waals surface area contributed by atoms with Crippen molar-refractivity contribution in [2.75, 3.05) is 13.7 Å². The number of ether oxygens (including phenoxy) is 2. The normalized spacial score (nSPS) is 14.1. The quantitative estimate of drug-likeness (QED) is 0.137. The maximum Gasteiger partial charge on any atom is 0.338 e. The fraction of sp³-hybridized carbons (Fsp3) is 0.0889. The van der Waals surface area contributed by atoms with Crippen LogP contribution in [0.4, 0.5) is 0 Å². The van der Waals surface area contributed by atoms with E-state index in [2.05, 4.69) is 63.0 Å². The summed E-state index contributed by atoms with van der Waals surface area (Å²) in [5.41, 5.74) is 7.70. The first-order valence-corrected chi connectivity index (χ1v) is 19.1. The van der Waals surface area contributed by atoms with Gasteiger partial charge >= 0.3 is 5.97 Å². The highest BCUT2D eigenvalue weighted by Crippen LogP contribution is 2.38. The summed E-state index contributed by atoms with van der Waals surface area (Å²) in [4.78, 5) is 34.4. The van der Waals surface area contributed by atoms with Crippen molar-refractivity contribution in [3.05, 3.63) is 192 Å². The fourth-order valence-corrected chi connectivity index (χ4v) is 8.18. The van der Waals surface area contributed by atoms with Crippen molar-refractivity contribution < 1.29 is 14.3 Å². The molecule has 3 heterocycles. The van der Waals surface area contributed by atoms with Crippen molar-refractivity contribution in [3.63, 3.8) is 0 Å². The van der Waals surface area contributed by atoms with Crippen molar-refractivity contribution in [3.8, 4) is 34.0 Å². The molecule has 9 heteroatoms. The standard InChI is InChI=1S/C45H34BrN3O4S/c1-3-53-44(51)39-40(30-16-9-5-10-17-30)47-45-49(42(39)32-20-13-21-36(26-32)52-2)43(50)38(54-45)28-33-27-37(29-14-7-4-8-15-29)48(35-24-22-34(46)23-25-35)41(33)31-18-11-6-12-19-31/h4-28,42H,3H2,1-2H3/b38-28-/t42-/m0/s1. The number of aromatic nitrogens is 2. The highest BCUT2D eigenvalue weighted by Gasteiger charge is 2.35. The average Bonchev–Trinajstić information content (AvgIpc) is 3.75. The van der Waals surface area contributed by atoms with Gasteiger partial charge in [0, 0.05) is 21.3 Å². The van der Waals surface area contributed by atoms with Gasteiger partial charge in [0.1, 0.15) is 5.75 Å². The molecule has 54 heavy (non-hydrogen) atoms. The minimum absolute atomic E-state index is 0.168. The summed E-state index contributed by atoms with van der Waals surface area (Å²) in [6, 6.07) is 47.0. The molecule has 0 fully saturated rings. The van der Waals surface area contributed by atoms with Crippen LogP contribution in [0.2, 0.25) is 0 Å². The van der Waals surface area contributed by atoms with Gasteiger partial charge in [0.15, 0.2) is 4.80 Å². The monoisotopic (exact) mass is 791 g/mol. The van der Waals surface area contributed by atoms with Crippen molar-refractivity contribution in [1.82, 2.24) is 9.13 Å². The largest absolute Gasteiger partial charge is 0.497 e. The SMILES string of the molecule is CCOC(=O)C1=C(c2ccccc2)N=c2s/c(=C\c3cc(-c4ccccc4)n(-c4ccc(Br)cc4)c3-c3ccccc3)c(=O)n2[C@H]1c1cccc(OC)c1. The Morgan fingerprint density at radius 2 is 1.46 bits per heavy atom. The summed E-state index contributed by atoms with van der Waals surface area (Å²) < 4.78 is 16.6. The number of methoxy groups -OCH3 is 1. The highest BCUT2D eigenvalue weighted by molar-refractivity contribution is 9.10. The number of carbonyl (C=O) groups excluding carboxylic acids is 1. The predicted octanol–water partition coefficient (Wildman–Crippen LogP) is 8.83. The van der Waals surface area contributed by atoms with E-state index in [4.69, 9.17) is 14.5 Å². The van der Waals surface area contributed by atoms with Gasteiger partial charge in [-0.05, 0) is 72.2 Å². The van der Waals surface area contributed by atoms with E-state index in [1.54, 1.807) is 18.6 Å². The average molecular weight is 793 g/mol. The predicted molar refractivity (Wildman–Crippen MR) is 218 cm³/mol. The van der Waals surface area contributed by atoms with Crippen LogP contribution in [0.5, 0.6) is 5.75 Å². The number of halogens is 1. The molecule has 0 bridgehead atoms. The van der Waals surface area contributed by atoms with Crippen molar-refractivity contribution in [2.24, 2.45) is 4.99 Å². The van der Waals surface area contributed by atoms with Gasteiger partial charge in [0.25, 0.3) is 5.56 Å². The van der Waals surface area contributed by atoms with Gasteiger partial charge < -0.3 is 14.0 Å². The van der Waals surface area contributed by atoms with Gasteiger partial charge in [-0.3, -0.25) is 9.36 Å². The molecule has 1 aliphatic heterocycles. The number of carbonyl (C=O) groups is 1. The van der Waals surface area contributed by atoms with Crippen molar-refractivity contribution in [1.29, 1.82) is 0 Å². The van der Waals surface area contributed by atoms with Gasteiger partial charge in [0.2, 0.25) is 0 Å². The summed E-state index contributed by atoms with van der Waals surface area (Å²) in [7, 11) is 1.59. The zero-order valence-corrected chi connectivity index (χ0v) is 31.9. The van der Waals surface area contributed by atoms with E-state index in [9.17, 15) is 9.59 Å². The molecule has 7 aromatic rings. The molecule has 0 N–H and O–H groups in total. The van der Waals surface area contributed by atoms with Crippen LogP contribution >= 0.6 is 27.3 Å². The second kappa shape index (κ2) is 15.1. The first kappa shape index (κ1) is 35.0. The molecule has 266 valence electrons. The number of rotatable bonds is 9. The van der Waals surface area contributed by atoms with Gasteiger partial charge in [0.05, 0.1) is 46.9 Å². The Labute approximate surface area is 324 Å². The lowest BCUT2D eigenvalue weighted by Gasteiger charge is -2.26. The minimum atomic E-state index is -0.825. The number of nitrogens with zero attached hydrogens (tertiary/aromatic N) is 3. The molecule has 0 unspecified atom stereocenters. The smallest absolute Gasteiger partial charge is 0.338 e. The summed E-state index contributed by atoms with van der Waals surface area (Å²) >= 11 is 4.90. The number of hydrogen-bond donors (Lipinski definition) is 0. The van der Waals surface area contributed by atoms with Crippen LogP contribution in [-0.2, 0) is 9.53 Å². The Hall–Kier alpha value is -6.03. The molecule has 0 amide bonds. The minimum Gasteiger partial charge on any atom is -0.497 e. The van der Waals surface area contributed by atoms with E-state index in [1.807, 2.05) is 109 Å². The molecule has 1 atom stereocenters. The third kappa shape index (κ3) is 6.57. The topological polar surface area (TPSA) is 74.8 Å². The van der Waals surface area contributed by atoms with Gasteiger partial charge in [-0.1, -0.05) is 130 Å². The molecule has 0 saturated heterocycles. The Bertz CT molecular complexity index is 2700. The van der Waals surface area contributed by atoms with E-state index in [1.165, 1.54) is 11.3 Å². The molecule has 0 radical (unpaired) electrons. The maximum absolute atomic E-state index is 14.9. The number of fused-ring (bicyclic) bond motifs is 1. The molecule has 0 saturated carbocycles. The van der Waals surface area contributed by atoms with Crippen LogP contribution in [0, 0.1) is 0 Å². The summed E-state index contributed by atoms with van der Waals surface area (Å²) in [5.74, 6) is 0.0685. The van der Waals surface area contributed by atoms with Crippen LogP contribution in [-0.4, -0.2) is 28.8 Å². The van der Waals surface area contributed by atoms with Crippen molar-refractivity contribution in [2.45, 2.75) is 13.0 Å². The van der Waals surface area contributed by atoms with Gasteiger partial charge in [-0.2, -0.15) is 0 Å². The Kier molecular flexibility index (Phi) is 9.82. The third-order valence-electron chi connectivity index (χ3n) is 9.30. The third-order valence-corrected chi connectivity index (χ3v) is 10.8. The lowest BCUT2D eigenvalue weighted by Crippen LogP contribution is -2.40. The second-order valence-electron chi connectivity index (χ2n) is 12.6. The number of benzene rings is 5. The number of thiazole rings is 1. The number of esters is 1. The number of hydrogen-bond acceptors (Lipinski definition) is 6. The molecule has 1 aliphatic rings. The van der Waals surface area contributed by atoms with Crippen molar-refractivity contribution >= 4 is 45.0 Å². The Balaban J connectivity index is 1.43. The zero-order chi connectivity index (χ0) is 37.2.